The number of sulfonamides is 1. The van der Waals surface area contributed by atoms with E-state index in [0.29, 0.717) is 42.6 Å². The molecule has 0 aromatic carbocycles. The van der Waals surface area contributed by atoms with Gasteiger partial charge in [0.25, 0.3) is 0 Å². The van der Waals surface area contributed by atoms with Crippen LogP contribution in [0.2, 0.25) is 5.02 Å². The van der Waals surface area contributed by atoms with Crippen molar-refractivity contribution >= 4 is 27.7 Å². The van der Waals surface area contributed by atoms with Crippen LogP contribution in [-0.2, 0) is 16.4 Å². The molecule has 1 N–H and O–H groups in total. The van der Waals surface area contributed by atoms with Gasteiger partial charge in [-0.15, -0.1) is 0 Å². The first kappa shape index (κ1) is 19.5. The Labute approximate surface area is 174 Å². The fourth-order valence-electron chi connectivity index (χ4n) is 5.61. The molecule has 2 amide bonds. The number of halogens is 2. The summed E-state index contributed by atoms with van der Waals surface area (Å²) in [5.41, 5.74) is 0.174. The smallest absolute Gasteiger partial charge is 0.320 e. The van der Waals surface area contributed by atoms with Gasteiger partial charge in [0.15, 0.2) is 0 Å². The average molecular weight is 443 g/mol. The number of pyridine rings is 1. The molecule has 1 saturated carbocycles. The van der Waals surface area contributed by atoms with Crippen molar-refractivity contribution in [3.8, 4) is 0 Å². The first-order valence-electron chi connectivity index (χ1n) is 10.0. The Bertz CT molecular complexity index is 952. The molecule has 4 aliphatic rings. The highest BCUT2D eigenvalue weighted by atomic mass is 35.5. The number of amides is 2. The lowest BCUT2D eigenvalue weighted by Crippen LogP contribution is -2.76. The number of likely N-dealkylation sites (tertiary alicyclic amines) is 2. The molecule has 29 heavy (non-hydrogen) atoms. The fourth-order valence-corrected chi connectivity index (χ4v) is 7.27. The lowest BCUT2D eigenvalue weighted by atomic mass is 9.57. The van der Waals surface area contributed by atoms with Gasteiger partial charge in [-0.2, -0.15) is 0 Å². The van der Waals surface area contributed by atoms with Gasteiger partial charge in [-0.3, -0.25) is 4.98 Å². The molecule has 1 aromatic heterocycles. The van der Waals surface area contributed by atoms with Crippen molar-refractivity contribution < 1.29 is 17.6 Å². The summed E-state index contributed by atoms with van der Waals surface area (Å²) in [5, 5.41) is 0.304. The van der Waals surface area contributed by atoms with Crippen molar-refractivity contribution in [2.45, 2.75) is 37.6 Å². The zero-order valence-electron chi connectivity index (χ0n) is 16.0. The van der Waals surface area contributed by atoms with Gasteiger partial charge in [0.1, 0.15) is 5.82 Å². The van der Waals surface area contributed by atoms with Crippen molar-refractivity contribution in [1.82, 2.24) is 19.5 Å². The number of nitrogens with zero attached hydrogens (tertiary/aromatic N) is 3. The van der Waals surface area contributed by atoms with Crippen LogP contribution in [0.1, 0.15) is 31.4 Å². The van der Waals surface area contributed by atoms with Gasteiger partial charge in [-0.05, 0) is 44.1 Å². The first-order chi connectivity index (χ1) is 13.7. The van der Waals surface area contributed by atoms with Crippen LogP contribution < -0.4 is 4.72 Å². The number of carbonyl (C=O) groups is 1. The van der Waals surface area contributed by atoms with Gasteiger partial charge in [-0.25, -0.2) is 22.3 Å². The number of hydrogen-bond acceptors (Lipinski definition) is 4. The van der Waals surface area contributed by atoms with E-state index in [0.717, 1.165) is 32.4 Å². The van der Waals surface area contributed by atoms with Crippen LogP contribution in [0.4, 0.5) is 9.18 Å². The number of aromatic nitrogens is 1. The maximum Gasteiger partial charge on any atom is 0.320 e. The highest BCUT2D eigenvalue weighted by molar-refractivity contribution is 7.89. The fraction of sp³-hybridized carbons (Fsp3) is 0.684. The summed E-state index contributed by atoms with van der Waals surface area (Å²) in [7, 11) is -3.20. The number of rotatable bonds is 2. The van der Waals surface area contributed by atoms with Gasteiger partial charge in [-0.1, -0.05) is 11.6 Å². The van der Waals surface area contributed by atoms with E-state index in [1.54, 1.807) is 4.90 Å². The number of hydrogen-bond donors (Lipinski definition) is 1. The summed E-state index contributed by atoms with van der Waals surface area (Å²) < 4.78 is 40.3. The largest absolute Gasteiger partial charge is 0.323 e. The van der Waals surface area contributed by atoms with E-state index in [1.807, 2.05) is 4.90 Å². The second kappa shape index (κ2) is 6.52. The molecule has 0 bridgehead atoms. The number of carbonyl (C=O) groups excluding carboxylic acids is 1. The quantitative estimate of drug-likeness (QED) is 0.759. The third-order valence-corrected chi connectivity index (χ3v) is 8.61. The molecule has 1 aliphatic carbocycles. The summed E-state index contributed by atoms with van der Waals surface area (Å²) in [5.74, 6) is 0.210. The van der Waals surface area contributed by atoms with E-state index in [-0.39, 0.29) is 23.0 Å². The summed E-state index contributed by atoms with van der Waals surface area (Å²) in [6.07, 6.45) is 5.47. The van der Waals surface area contributed by atoms with Crippen LogP contribution in [0, 0.1) is 17.2 Å². The topological polar surface area (TPSA) is 82.6 Å². The predicted molar refractivity (Wildman–Crippen MR) is 105 cm³/mol. The number of urea groups is 1. The van der Waals surface area contributed by atoms with Gasteiger partial charge in [0.05, 0.1) is 22.0 Å². The standard InChI is InChI=1S/C19H24ClFN4O3S/c20-14-5-15(21)16(22-8-14)4-13-6-18(7-13)9-24(10-18)17(26)25-11-19(12-25)2-1-3-29(27,28)23-19/h5,8,13,23H,1-4,6-7,9-12H2. The van der Waals surface area contributed by atoms with Gasteiger partial charge in [0.2, 0.25) is 10.0 Å². The van der Waals surface area contributed by atoms with Crippen LogP contribution in [-0.4, -0.2) is 66.7 Å². The van der Waals surface area contributed by atoms with Crippen LogP contribution >= 0.6 is 11.6 Å². The predicted octanol–water partition coefficient (Wildman–Crippen LogP) is 2.02. The van der Waals surface area contributed by atoms with Gasteiger partial charge in [0, 0.05) is 37.8 Å². The van der Waals surface area contributed by atoms with Crippen LogP contribution in [0.5, 0.6) is 0 Å². The first-order valence-corrected chi connectivity index (χ1v) is 12.1. The molecule has 10 heteroatoms. The zero-order valence-corrected chi connectivity index (χ0v) is 17.6. The van der Waals surface area contributed by atoms with Crippen molar-refractivity contribution in [3.63, 3.8) is 0 Å². The summed E-state index contributed by atoms with van der Waals surface area (Å²) in [4.78, 5) is 20.4. The average Bonchev–Trinajstić information content (AvgIpc) is 2.53. The molecule has 7 nitrogen and oxygen atoms in total. The summed E-state index contributed by atoms with van der Waals surface area (Å²) in [6.45, 7) is 2.37. The van der Waals surface area contributed by atoms with E-state index < -0.39 is 15.6 Å². The van der Waals surface area contributed by atoms with E-state index in [1.165, 1.54) is 12.3 Å². The molecule has 3 aliphatic heterocycles. The molecule has 3 saturated heterocycles. The van der Waals surface area contributed by atoms with Gasteiger partial charge >= 0.3 is 6.03 Å². The Balaban J connectivity index is 1.09. The Morgan fingerprint density at radius 2 is 1.97 bits per heavy atom. The summed E-state index contributed by atoms with van der Waals surface area (Å²) in [6, 6.07) is 1.30. The lowest BCUT2D eigenvalue weighted by molar-refractivity contribution is -0.0831. The maximum absolute atomic E-state index is 13.9. The van der Waals surface area contributed by atoms with E-state index in [9.17, 15) is 17.6 Å². The minimum absolute atomic E-state index is 0.000108. The Hall–Kier alpha value is -1.45. The molecule has 4 heterocycles. The molecular formula is C19H24ClFN4O3S. The van der Waals surface area contributed by atoms with E-state index in [4.69, 9.17) is 11.6 Å². The highest BCUT2D eigenvalue weighted by Crippen LogP contribution is 2.53. The minimum atomic E-state index is -3.20. The van der Waals surface area contributed by atoms with Gasteiger partial charge < -0.3 is 9.80 Å². The number of nitrogens with one attached hydrogen (secondary N) is 1. The Kier molecular flexibility index (Phi) is 4.39. The molecule has 5 rings (SSSR count). The van der Waals surface area contributed by atoms with Crippen LogP contribution in [0.25, 0.3) is 0 Å². The van der Waals surface area contributed by atoms with E-state index >= 15 is 0 Å². The molecule has 4 fully saturated rings. The molecule has 2 spiro atoms. The zero-order chi connectivity index (χ0) is 20.4. The SMILES string of the molecule is O=C(N1CC2(CC(Cc3ncc(Cl)cc3F)C2)C1)N1CC2(CCCS(=O)(=O)N2)C1. The third kappa shape index (κ3) is 3.51. The van der Waals surface area contributed by atoms with Crippen molar-refractivity contribution in [1.29, 1.82) is 0 Å². The molecule has 0 unspecified atom stereocenters. The van der Waals surface area contributed by atoms with E-state index in [2.05, 4.69) is 9.71 Å². The monoisotopic (exact) mass is 442 g/mol. The second-order valence-electron chi connectivity index (χ2n) is 9.36. The van der Waals surface area contributed by atoms with Crippen molar-refractivity contribution in [2.24, 2.45) is 11.3 Å². The lowest BCUT2D eigenvalue weighted by Gasteiger charge is -2.61. The third-order valence-electron chi connectivity index (χ3n) is 6.83. The molecule has 0 atom stereocenters. The minimum Gasteiger partial charge on any atom is -0.323 e. The van der Waals surface area contributed by atoms with Crippen molar-refractivity contribution in [3.05, 3.63) is 28.8 Å². The van der Waals surface area contributed by atoms with Crippen LogP contribution in [0.3, 0.4) is 0 Å². The molecule has 1 aromatic rings. The Morgan fingerprint density at radius 1 is 1.28 bits per heavy atom. The normalized spacial score (nSPS) is 26.7. The highest BCUT2D eigenvalue weighted by Gasteiger charge is 2.56. The molecule has 0 radical (unpaired) electrons. The summed E-state index contributed by atoms with van der Waals surface area (Å²) >= 11 is 5.75. The van der Waals surface area contributed by atoms with Crippen LogP contribution in [0.15, 0.2) is 12.3 Å². The molecule has 158 valence electrons. The molecular weight excluding hydrogens is 419 g/mol. The Morgan fingerprint density at radius 3 is 2.62 bits per heavy atom. The van der Waals surface area contributed by atoms with Crippen molar-refractivity contribution in [2.75, 3.05) is 31.9 Å². The maximum atomic E-state index is 13.9. The second-order valence-corrected chi connectivity index (χ2v) is 11.6.